The first-order chi connectivity index (χ1) is 8.06. The van der Waals surface area contributed by atoms with E-state index in [1.54, 1.807) is 0 Å². The molecule has 0 aliphatic carbocycles. The molecule has 0 aliphatic heterocycles. The van der Waals surface area contributed by atoms with E-state index in [0.29, 0.717) is 15.5 Å². The highest BCUT2D eigenvalue weighted by Gasteiger charge is 2.13. The van der Waals surface area contributed by atoms with Crippen molar-refractivity contribution in [1.82, 2.24) is 4.98 Å². The van der Waals surface area contributed by atoms with Crippen molar-refractivity contribution < 1.29 is 9.18 Å². The number of nitrogens with zero attached hydrogens (tertiary/aromatic N) is 1. The molecular weight excluding hydrogens is 261 g/mol. The molecule has 1 aromatic heterocycles. The zero-order valence-electron chi connectivity index (χ0n) is 9.04. The van der Waals surface area contributed by atoms with Gasteiger partial charge in [-0.25, -0.2) is 9.37 Å². The predicted molar refractivity (Wildman–Crippen MR) is 66.3 cm³/mol. The Morgan fingerprint density at radius 1 is 1.53 bits per heavy atom. The summed E-state index contributed by atoms with van der Waals surface area (Å²) in [5.41, 5.74) is 0.313. The van der Waals surface area contributed by atoms with Crippen LogP contribution in [0.15, 0.2) is 24.4 Å². The molecule has 0 saturated carbocycles. The van der Waals surface area contributed by atoms with Gasteiger partial charge in [-0.3, -0.25) is 4.79 Å². The Morgan fingerprint density at radius 3 is 2.94 bits per heavy atom. The summed E-state index contributed by atoms with van der Waals surface area (Å²) in [4.78, 5) is 16.4. The van der Waals surface area contributed by atoms with Crippen LogP contribution < -0.4 is 0 Å². The van der Waals surface area contributed by atoms with E-state index in [1.807, 2.05) is 6.92 Å². The standard InChI is InChI=1S/C12H9ClFNOS/c1-7-15-6-12(17-7)11(16)5-8-4-9(13)2-3-10(8)14/h2-4,6H,5H2,1H3. The lowest BCUT2D eigenvalue weighted by atomic mass is 10.1. The van der Waals surface area contributed by atoms with Gasteiger partial charge in [-0.05, 0) is 30.7 Å². The normalized spacial score (nSPS) is 10.5. The third kappa shape index (κ3) is 2.90. The highest BCUT2D eigenvalue weighted by molar-refractivity contribution is 7.13. The van der Waals surface area contributed by atoms with Crippen molar-refractivity contribution in [3.8, 4) is 0 Å². The Bertz CT molecular complexity index is 567. The second-order valence-corrected chi connectivity index (χ2v) is 5.25. The summed E-state index contributed by atoms with van der Waals surface area (Å²) in [6.45, 7) is 1.82. The molecule has 17 heavy (non-hydrogen) atoms. The van der Waals surface area contributed by atoms with Gasteiger partial charge in [-0.15, -0.1) is 11.3 Å². The number of aromatic nitrogens is 1. The Labute approximate surface area is 107 Å². The predicted octanol–water partition coefficient (Wildman–Crippen LogP) is 3.67. The summed E-state index contributed by atoms with van der Waals surface area (Å²) in [6, 6.07) is 4.20. The van der Waals surface area contributed by atoms with Gasteiger partial charge < -0.3 is 0 Å². The second kappa shape index (κ2) is 4.94. The Hall–Kier alpha value is -1.26. The van der Waals surface area contributed by atoms with Crippen LogP contribution in [0.3, 0.4) is 0 Å². The van der Waals surface area contributed by atoms with E-state index >= 15 is 0 Å². The van der Waals surface area contributed by atoms with Gasteiger partial charge in [0.05, 0.1) is 9.88 Å². The summed E-state index contributed by atoms with van der Waals surface area (Å²) in [7, 11) is 0. The highest BCUT2D eigenvalue weighted by Crippen LogP contribution is 2.19. The first kappa shape index (κ1) is 12.2. The van der Waals surface area contributed by atoms with Crippen LogP contribution in [0.2, 0.25) is 5.02 Å². The van der Waals surface area contributed by atoms with Gasteiger partial charge in [0, 0.05) is 17.6 Å². The molecule has 0 aliphatic rings. The number of halogens is 2. The fourth-order valence-electron chi connectivity index (χ4n) is 1.43. The van der Waals surface area contributed by atoms with Crippen molar-refractivity contribution >= 4 is 28.7 Å². The number of aryl methyl sites for hydroxylation is 1. The van der Waals surface area contributed by atoms with Crippen LogP contribution in [-0.4, -0.2) is 10.8 Å². The minimum atomic E-state index is -0.413. The molecule has 0 radical (unpaired) electrons. The summed E-state index contributed by atoms with van der Waals surface area (Å²) in [5, 5.41) is 1.25. The molecule has 0 saturated heterocycles. The van der Waals surface area contributed by atoms with Gasteiger partial charge in [0.2, 0.25) is 0 Å². The summed E-state index contributed by atoms with van der Waals surface area (Å²) in [6.07, 6.45) is 1.53. The van der Waals surface area contributed by atoms with E-state index in [2.05, 4.69) is 4.98 Å². The molecule has 1 aromatic carbocycles. The average Bonchev–Trinajstić information content (AvgIpc) is 2.70. The number of carbonyl (C=O) groups is 1. The summed E-state index contributed by atoms with van der Waals surface area (Å²) < 4.78 is 13.4. The molecule has 0 amide bonds. The van der Waals surface area contributed by atoms with E-state index in [-0.39, 0.29) is 12.2 Å². The van der Waals surface area contributed by atoms with Crippen molar-refractivity contribution in [3.05, 3.63) is 50.7 Å². The molecule has 5 heteroatoms. The number of hydrogen-bond acceptors (Lipinski definition) is 3. The smallest absolute Gasteiger partial charge is 0.178 e. The van der Waals surface area contributed by atoms with Gasteiger partial charge in [0.25, 0.3) is 0 Å². The molecule has 2 rings (SSSR count). The Morgan fingerprint density at radius 2 is 2.29 bits per heavy atom. The Kier molecular flexibility index (Phi) is 3.54. The first-order valence-corrected chi connectivity index (χ1v) is 6.15. The largest absolute Gasteiger partial charge is 0.293 e. The van der Waals surface area contributed by atoms with Crippen LogP contribution in [0, 0.1) is 12.7 Å². The van der Waals surface area contributed by atoms with Gasteiger partial charge in [0.15, 0.2) is 5.78 Å². The number of hydrogen-bond donors (Lipinski definition) is 0. The van der Waals surface area contributed by atoms with Crippen molar-refractivity contribution in [2.75, 3.05) is 0 Å². The number of ketones is 1. The lowest BCUT2D eigenvalue weighted by Gasteiger charge is -2.01. The van der Waals surface area contributed by atoms with Gasteiger partial charge in [-0.2, -0.15) is 0 Å². The maximum atomic E-state index is 13.4. The molecule has 2 nitrogen and oxygen atoms in total. The van der Waals surface area contributed by atoms with E-state index in [1.165, 1.54) is 35.7 Å². The number of Topliss-reactive ketones (excluding diaryl/α,β-unsaturated/α-hetero) is 1. The summed E-state index contributed by atoms with van der Waals surface area (Å²) in [5.74, 6) is -0.555. The number of thiazole rings is 1. The van der Waals surface area contributed by atoms with E-state index in [4.69, 9.17) is 11.6 Å². The van der Waals surface area contributed by atoms with Crippen LogP contribution in [0.25, 0.3) is 0 Å². The maximum absolute atomic E-state index is 13.4. The quantitative estimate of drug-likeness (QED) is 0.796. The Balaban J connectivity index is 2.21. The van der Waals surface area contributed by atoms with Crippen LogP contribution in [-0.2, 0) is 6.42 Å². The lowest BCUT2D eigenvalue weighted by molar-refractivity contribution is 0.0995. The summed E-state index contributed by atoms with van der Waals surface area (Å²) >= 11 is 7.07. The first-order valence-electron chi connectivity index (χ1n) is 4.96. The van der Waals surface area contributed by atoms with Gasteiger partial charge >= 0.3 is 0 Å². The monoisotopic (exact) mass is 269 g/mol. The van der Waals surface area contributed by atoms with Crippen molar-refractivity contribution in [2.24, 2.45) is 0 Å². The molecule has 0 unspecified atom stereocenters. The second-order valence-electron chi connectivity index (χ2n) is 3.58. The number of benzene rings is 1. The highest BCUT2D eigenvalue weighted by atomic mass is 35.5. The zero-order chi connectivity index (χ0) is 12.4. The minimum absolute atomic E-state index is 0.00796. The molecule has 88 valence electrons. The van der Waals surface area contributed by atoms with Crippen LogP contribution in [0.1, 0.15) is 20.2 Å². The molecular formula is C12H9ClFNOS. The topological polar surface area (TPSA) is 30.0 Å². The van der Waals surface area contributed by atoms with E-state index in [9.17, 15) is 9.18 Å². The van der Waals surface area contributed by atoms with Crippen LogP contribution in [0.4, 0.5) is 4.39 Å². The fraction of sp³-hybridized carbons (Fsp3) is 0.167. The SMILES string of the molecule is Cc1ncc(C(=O)Cc2cc(Cl)ccc2F)s1. The number of rotatable bonds is 3. The maximum Gasteiger partial charge on any atom is 0.178 e. The molecule has 0 spiro atoms. The molecule has 1 heterocycles. The molecule has 2 aromatic rings. The molecule has 0 bridgehead atoms. The van der Waals surface area contributed by atoms with Crippen molar-refractivity contribution in [3.63, 3.8) is 0 Å². The van der Waals surface area contributed by atoms with Crippen LogP contribution >= 0.6 is 22.9 Å². The van der Waals surface area contributed by atoms with Gasteiger partial charge in [0.1, 0.15) is 5.82 Å². The van der Waals surface area contributed by atoms with Crippen LogP contribution in [0.5, 0.6) is 0 Å². The van der Waals surface area contributed by atoms with E-state index < -0.39 is 5.82 Å². The molecule has 0 fully saturated rings. The van der Waals surface area contributed by atoms with E-state index in [0.717, 1.165) is 5.01 Å². The fourth-order valence-corrected chi connectivity index (χ4v) is 2.34. The molecule has 0 atom stereocenters. The average molecular weight is 270 g/mol. The van der Waals surface area contributed by atoms with Crippen molar-refractivity contribution in [2.45, 2.75) is 13.3 Å². The lowest BCUT2D eigenvalue weighted by Crippen LogP contribution is -2.03. The number of carbonyl (C=O) groups excluding carboxylic acids is 1. The van der Waals surface area contributed by atoms with Gasteiger partial charge in [-0.1, -0.05) is 11.6 Å². The molecule has 0 N–H and O–H groups in total. The third-order valence-electron chi connectivity index (χ3n) is 2.25. The minimum Gasteiger partial charge on any atom is -0.293 e. The third-order valence-corrected chi connectivity index (χ3v) is 3.44. The zero-order valence-corrected chi connectivity index (χ0v) is 10.6. The van der Waals surface area contributed by atoms with Crippen molar-refractivity contribution in [1.29, 1.82) is 0 Å².